The highest BCUT2D eigenvalue weighted by atomic mass is 19.1. The maximum absolute atomic E-state index is 14.1. The van der Waals surface area contributed by atoms with Gasteiger partial charge >= 0.3 is 0 Å². The van der Waals surface area contributed by atoms with Crippen molar-refractivity contribution < 1.29 is 13.9 Å². The number of amides is 1. The van der Waals surface area contributed by atoms with Gasteiger partial charge in [-0.15, -0.1) is 0 Å². The van der Waals surface area contributed by atoms with Crippen LogP contribution < -0.4 is 9.64 Å². The molecule has 1 aliphatic rings. The molecule has 3 heterocycles. The van der Waals surface area contributed by atoms with E-state index in [9.17, 15) is 9.18 Å². The molecule has 8 heteroatoms. The molecule has 0 unspecified atom stereocenters. The Morgan fingerprint density at radius 1 is 1.39 bits per heavy atom. The number of anilines is 1. The number of rotatable bonds is 4. The SMILES string of the molecule is COc1nccc(CN2CCN(c3cnn(C)c3)C(=O)C2)c1F. The molecule has 1 fully saturated rings. The Bertz CT molecular complexity index is 718. The van der Waals surface area contributed by atoms with Crippen molar-refractivity contribution in [3.05, 3.63) is 36.0 Å². The second kappa shape index (κ2) is 6.33. The molecule has 3 rings (SSSR count). The molecule has 23 heavy (non-hydrogen) atoms. The van der Waals surface area contributed by atoms with E-state index >= 15 is 0 Å². The first-order valence-electron chi connectivity index (χ1n) is 7.27. The molecule has 0 aromatic carbocycles. The third-order valence-corrected chi connectivity index (χ3v) is 3.83. The summed E-state index contributed by atoms with van der Waals surface area (Å²) in [6.45, 7) is 1.79. The van der Waals surface area contributed by atoms with Crippen molar-refractivity contribution in [3.8, 4) is 5.88 Å². The van der Waals surface area contributed by atoms with Gasteiger partial charge < -0.3 is 9.64 Å². The second-order valence-corrected chi connectivity index (χ2v) is 5.42. The number of piperazine rings is 1. The summed E-state index contributed by atoms with van der Waals surface area (Å²) < 4.78 is 20.7. The summed E-state index contributed by atoms with van der Waals surface area (Å²) >= 11 is 0. The van der Waals surface area contributed by atoms with Gasteiger partial charge in [0.15, 0.2) is 5.82 Å². The number of nitrogens with zero attached hydrogens (tertiary/aromatic N) is 5. The predicted octanol–water partition coefficient (Wildman–Crippen LogP) is 0.812. The minimum Gasteiger partial charge on any atom is -0.479 e. The van der Waals surface area contributed by atoms with Gasteiger partial charge in [-0.3, -0.25) is 14.4 Å². The molecule has 0 atom stereocenters. The first kappa shape index (κ1) is 15.4. The van der Waals surface area contributed by atoms with Crippen LogP contribution in [0.3, 0.4) is 0 Å². The zero-order chi connectivity index (χ0) is 16.4. The number of aromatic nitrogens is 3. The lowest BCUT2D eigenvalue weighted by molar-refractivity contribution is -0.121. The number of ether oxygens (including phenoxy) is 1. The topological polar surface area (TPSA) is 63.5 Å². The predicted molar refractivity (Wildman–Crippen MR) is 81.6 cm³/mol. The smallest absolute Gasteiger partial charge is 0.250 e. The van der Waals surface area contributed by atoms with Crippen LogP contribution in [0.15, 0.2) is 24.7 Å². The Morgan fingerprint density at radius 2 is 2.22 bits per heavy atom. The average molecular weight is 319 g/mol. The van der Waals surface area contributed by atoms with E-state index in [0.29, 0.717) is 25.2 Å². The van der Waals surface area contributed by atoms with E-state index < -0.39 is 5.82 Å². The largest absolute Gasteiger partial charge is 0.479 e. The highest BCUT2D eigenvalue weighted by Crippen LogP contribution is 2.21. The Balaban J connectivity index is 1.68. The average Bonchev–Trinajstić information content (AvgIpc) is 2.96. The Kier molecular flexibility index (Phi) is 4.24. The first-order valence-corrected chi connectivity index (χ1v) is 7.27. The summed E-state index contributed by atoms with van der Waals surface area (Å²) in [4.78, 5) is 19.8. The van der Waals surface area contributed by atoms with Gasteiger partial charge in [0.2, 0.25) is 11.8 Å². The Morgan fingerprint density at radius 3 is 2.87 bits per heavy atom. The van der Waals surface area contributed by atoms with E-state index in [0.717, 1.165) is 5.69 Å². The molecule has 122 valence electrons. The molecule has 0 spiro atoms. The van der Waals surface area contributed by atoms with Crippen LogP contribution in [0, 0.1) is 5.82 Å². The molecular weight excluding hydrogens is 301 g/mol. The second-order valence-electron chi connectivity index (χ2n) is 5.42. The van der Waals surface area contributed by atoms with Gasteiger partial charge in [0.25, 0.3) is 0 Å². The van der Waals surface area contributed by atoms with Gasteiger partial charge in [-0.1, -0.05) is 0 Å². The minimum absolute atomic E-state index is 0.0225. The van der Waals surface area contributed by atoms with E-state index in [1.807, 2.05) is 11.9 Å². The molecule has 0 saturated carbocycles. The van der Waals surface area contributed by atoms with Crippen molar-refractivity contribution in [3.63, 3.8) is 0 Å². The molecule has 0 radical (unpaired) electrons. The highest BCUT2D eigenvalue weighted by molar-refractivity contribution is 5.95. The monoisotopic (exact) mass is 319 g/mol. The molecule has 7 nitrogen and oxygen atoms in total. The van der Waals surface area contributed by atoms with Gasteiger partial charge in [-0.2, -0.15) is 5.10 Å². The quantitative estimate of drug-likeness (QED) is 0.834. The van der Waals surface area contributed by atoms with Crippen molar-refractivity contribution in [2.45, 2.75) is 6.54 Å². The molecular formula is C15H18FN5O2. The fourth-order valence-corrected chi connectivity index (χ4v) is 2.65. The van der Waals surface area contributed by atoms with E-state index in [2.05, 4.69) is 10.1 Å². The molecule has 1 aliphatic heterocycles. The molecule has 1 amide bonds. The fourth-order valence-electron chi connectivity index (χ4n) is 2.65. The maximum atomic E-state index is 14.1. The lowest BCUT2D eigenvalue weighted by Gasteiger charge is -2.33. The van der Waals surface area contributed by atoms with Gasteiger partial charge in [-0.05, 0) is 6.07 Å². The molecule has 0 N–H and O–H groups in total. The van der Waals surface area contributed by atoms with E-state index in [1.54, 1.807) is 28.0 Å². The molecule has 2 aromatic heterocycles. The third kappa shape index (κ3) is 3.16. The van der Waals surface area contributed by atoms with Crippen LogP contribution in [0.4, 0.5) is 10.1 Å². The summed E-state index contributed by atoms with van der Waals surface area (Å²) in [6.07, 6.45) is 4.98. The van der Waals surface area contributed by atoms with E-state index in [4.69, 9.17) is 4.74 Å². The number of aryl methyl sites for hydroxylation is 1. The summed E-state index contributed by atoms with van der Waals surface area (Å²) in [7, 11) is 3.19. The van der Waals surface area contributed by atoms with Gasteiger partial charge in [0, 0.05) is 44.6 Å². The molecule has 1 saturated heterocycles. The standard InChI is InChI=1S/C15H18FN5O2/c1-19-9-12(7-18-19)21-6-5-20(10-13(21)22)8-11-3-4-17-15(23-2)14(11)16/h3-4,7,9H,5-6,8,10H2,1-2H3. The number of hydrogen-bond acceptors (Lipinski definition) is 5. The summed E-state index contributed by atoms with van der Waals surface area (Å²) in [5.41, 5.74) is 1.26. The van der Waals surface area contributed by atoms with Crippen molar-refractivity contribution in [2.24, 2.45) is 7.05 Å². The summed E-state index contributed by atoms with van der Waals surface area (Å²) in [6, 6.07) is 1.61. The maximum Gasteiger partial charge on any atom is 0.250 e. The lowest BCUT2D eigenvalue weighted by Crippen LogP contribution is -2.50. The van der Waals surface area contributed by atoms with Crippen molar-refractivity contribution in [2.75, 3.05) is 31.6 Å². The number of methoxy groups -OCH3 is 1. The van der Waals surface area contributed by atoms with Crippen LogP contribution in [-0.4, -0.2) is 52.3 Å². The van der Waals surface area contributed by atoms with Crippen LogP contribution in [0.25, 0.3) is 0 Å². The normalized spacial score (nSPS) is 16.0. The number of hydrogen-bond donors (Lipinski definition) is 0. The third-order valence-electron chi connectivity index (χ3n) is 3.83. The van der Waals surface area contributed by atoms with Crippen molar-refractivity contribution in [1.29, 1.82) is 0 Å². The Labute approximate surface area is 133 Å². The highest BCUT2D eigenvalue weighted by Gasteiger charge is 2.26. The minimum atomic E-state index is -0.475. The first-order chi connectivity index (χ1) is 11.1. The lowest BCUT2D eigenvalue weighted by atomic mass is 10.2. The summed E-state index contributed by atoms with van der Waals surface area (Å²) in [5, 5.41) is 4.08. The number of pyridine rings is 1. The zero-order valence-corrected chi connectivity index (χ0v) is 13.1. The summed E-state index contributed by atoms with van der Waals surface area (Å²) in [5.74, 6) is -0.523. The Hall–Kier alpha value is -2.48. The number of halogens is 1. The van der Waals surface area contributed by atoms with Crippen LogP contribution in [-0.2, 0) is 18.4 Å². The van der Waals surface area contributed by atoms with Crippen LogP contribution in [0.2, 0.25) is 0 Å². The van der Waals surface area contributed by atoms with E-state index in [1.165, 1.54) is 13.3 Å². The van der Waals surface area contributed by atoms with Crippen molar-refractivity contribution in [1.82, 2.24) is 19.7 Å². The molecule has 0 aliphatic carbocycles. The van der Waals surface area contributed by atoms with Gasteiger partial charge in [0.1, 0.15) is 0 Å². The van der Waals surface area contributed by atoms with Gasteiger partial charge in [0.05, 0.1) is 25.5 Å². The van der Waals surface area contributed by atoms with Crippen molar-refractivity contribution >= 4 is 11.6 Å². The molecule has 2 aromatic rings. The number of carbonyl (C=O) groups is 1. The van der Waals surface area contributed by atoms with Crippen LogP contribution in [0.1, 0.15) is 5.56 Å². The van der Waals surface area contributed by atoms with Crippen LogP contribution >= 0.6 is 0 Å². The van der Waals surface area contributed by atoms with Gasteiger partial charge in [-0.25, -0.2) is 9.37 Å². The fraction of sp³-hybridized carbons (Fsp3) is 0.400. The number of carbonyl (C=O) groups excluding carboxylic acids is 1. The zero-order valence-electron chi connectivity index (χ0n) is 13.1. The van der Waals surface area contributed by atoms with E-state index in [-0.39, 0.29) is 18.3 Å². The van der Waals surface area contributed by atoms with Crippen LogP contribution in [0.5, 0.6) is 5.88 Å². The molecule has 0 bridgehead atoms.